The standard InChI is InChI=1S/C22H25N5O2S/c1-4-18-24-25-22-27(18)26-19(15-8-6-14(3)7-9-15)20(30-22)21(28)23-16-10-12-17(13-11-16)29-5-2/h6-13,19-20,26H,4-5H2,1-3H3,(H,23,28)/t19-,20-/m1/s1. The van der Waals surface area contributed by atoms with Crippen LogP contribution in [0.5, 0.6) is 5.75 Å². The smallest absolute Gasteiger partial charge is 0.240 e. The molecule has 0 bridgehead atoms. The number of hydrogen-bond donors (Lipinski definition) is 2. The summed E-state index contributed by atoms with van der Waals surface area (Å²) in [7, 11) is 0. The molecule has 0 saturated heterocycles. The number of nitrogens with one attached hydrogen (secondary N) is 2. The van der Waals surface area contributed by atoms with Gasteiger partial charge in [0.25, 0.3) is 0 Å². The number of rotatable bonds is 6. The molecule has 2 aromatic carbocycles. The summed E-state index contributed by atoms with van der Waals surface area (Å²) in [4.78, 5) is 13.3. The van der Waals surface area contributed by atoms with Crippen molar-refractivity contribution in [2.24, 2.45) is 0 Å². The lowest BCUT2D eigenvalue weighted by molar-refractivity contribution is -0.116. The molecule has 3 aromatic rings. The zero-order valence-electron chi connectivity index (χ0n) is 17.3. The number of fused-ring (bicyclic) bond motifs is 1. The van der Waals surface area contributed by atoms with Gasteiger partial charge in [-0.3, -0.25) is 4.79 Å². The van der Waals surface area contributed by atoms with Crippen LogP contribution in [0.1, 0.15) is 36.8 Å². The molecule has 7 nitrogen and oxygen atoms in total. The fourth-order valence-electron chi connectivity index (χ4n) is 3.37. The van der Waals surface area contributed by atoms with E-state index >= 15 is 0 Å². The van der Waals surface area contributed by atoms with Crippen LogP contribution in [-0.2, 0) is 11.2 Å². The topological polar surface area (TPSA) is 81.1 Å². The Labute approximate surface area is 180 Å². The van der Waals surface area contributed by atoms with Crippen LogP contribution in [0.2, 0.25) is 0 Å². The van der Waals surface area contributed by atoms with Crippen LogP contribution in [0.15, 0.2) is 53.7 Å². The molecule has 1 aliphatic rings. The average Bonchev–Trinajstić information content (AvgIpc) is 3.17. The van der Waals surface area contributed by atoms with Crippen molar-refractivity contribution in [3.8, 4) is 5.75 Å². The van der Waals surface area contributed by atoms with Gasteiger partial charge in [-0.15, -0.1) is 10.2 Å². The largest absolute Gasteiger partial charge is 0.494 e. The van der Waals surface area contributed by atoms with Crippen LogP contribution in [0.4, 0.5) is 5.69 Å². The Kier molecular flexibility index (Phi) is 5.94. The van der Waals surface area contributed by atoms with Crippen LogP contribution in [0.3, 0.4) is 0 Å². The van der Waals surface area contributed by atoms with Gasteiger partial charge >= 0.3 is 0 Å². The van der Waals surface area contributed by atoms with E-state index in [0.29, 0.717) is 11.8 Å². The minimum Gasteiger partial charge on any atom is -0.494 e. The second-order valence-corrected chi connectivity index (χ2v) is 8.20. The van der Waals surface area contributed by atoms with Crippen molar-refractivity contribution >= 4 is 23.4 Å². The van der Waals surface area contributed by atoms with Gasteiger partial charge in [-0.05, 0) is 43.7 Å². The molecule has 0 fully saturated rings. The Bertz CT molecular complexity index is 1020. The number of benzene rings is 2. The SMILES string of the molecule is CCOc1ccc(NC(=O)[C@@H]2Sc3nnc(CC)n3N[C@@H]2c2ccc(C)cc2)cc1. The molecule has 30 heavy (non-hydrogen) atoms. The number of nitrogens with zero attached hydrogens (tertiary/aromatic N) is 3. The van der Waals surface area contributed by atoms with Crippen LogP contribution in [-0.4, -0.2) is 32.6 Å². The third-order valence-corrected chi connectivity index (χ3v) is 6.16. The Morgan fingerprint density at radius 2 is 1.87 bits per heavy atom. The highest BCUT2D eigenvalue weighted by Crippen LogP contribution is 2.37. The van der Waals surface area contributed by atoms with Crippen molar-refractivity contribution < 1.29 is 9.53 Å². The molecule has 1 amide bonds. The highest BCUT2D eigenvalue weighted by molar-refractivity contribution is 8.00. The van der Waals surface area contributed by atoms with E-state index in [2.05, 4.69) is 52.1 Å². The van der Waals surface area contributed by atoms with Gasteiger partial charge in [0.1, 0.15) is 11.0 Å². The fraction of sp³-hybridized carbons (Fsp3) is 0.318. The molecule has 8 heteroatoms. The highest BCUT2D eigenvalue weighted by Gasteiger charge is 2.37. The summed E-state index contributed by atoms with van der Waals surface area (Å²) in [6.45, 7) is 6.64. The van der Waals surface area contributed by atoms with Crippen LogP contribution >= 0.6 is 11.8 Å². The summed E-state index contributed by atoms with van der Waals surface area (Å²) in [5, 5.41) is 11.8. The maximum absolute atomic E-state index is 13.3. The van der Waals surface area contributed by atoms with Gasteiger partial charge in [-0.2, -0.15) is 0 Å². The second kappa shape index (κ2) is 8.79. The molecule has 2 heterocycles. The Morgan fingerprint density at radius 1 is 1.13 bits per heavy atom. The summed E-state index contributed by atoms with van der Waals surface area (Å²) in [5.74, 6) is 1.54. The van der Waals surface area contributed by atoms with E-state index in [0.717, 1.165) is 29.2 Å². The number of anilines is 1. The monoisotopic (exact) mass is 423 g/mol. The number of amides is 1. The van der Waals surface area contributed by atoms with Gasteiger partial charge in [-0.1, -0.05) is 48.5 Å². The van der Waals surface area contributed by atoms with Crippen molar-refractivity contribution in [2.45, 2.75) is 43.6 Å². The fourth-order valence-corrected chi connectivity index (χ4v) is 4.46. The molecule has 0 saturated carbocycles. The Balaban J connectivity index is 1.60. The molecular weight excluding hydrogens is 398 g/mol. The minimum atomic E-state index is -0.402. The molecule has 0 unspecified atom stereocenters. The molecule has 156 valence electrons. The van der Waals surface area contributed by atoms with Crippen molar-refractivity contribution in [2.75, 3.05) is 17.3 Å². The van der Waals surface area contributed by atoms with Gasteiger partial charge < -0.3 is 15.5 Å². The zero-order chi connectivity index (χ0) is 21.1. The van der Waals surface area contributed by atoms with E-state index in [1.807, 2.05) is 42.8 Å². The van der Waals surface area contributed by atoms with Gasteiger partial charge in [0.05, 0.1) is 12.6 Å². The van der Waals surface area contributed by atoms with Crippen LogP contribution < -0.4 is 15.5 Å². The van der Waals surface area contributed by atoms with Gasteiger partial charge in [-0.25, -0.2) is 4.68 Å². The molecule has 4 rings (SSSR count). The Morgan fingerprint density at radius 3 is 2.53 bits per heavy atom. The predicted octanol–water partition coefficient (Wildman–Crippen LogP) is 3.95. The predicted molar refractivity (Wildman–Crippen MR) is 119 cm³/mol. The maximum atomic E-state index is 13.3. The van der Waals surface area contributed by atoms with Crippen molar-refractivity contribution in [1.29, 1.82) is 0 Å². The average molecular weight is 424 g/mol. The number of aromatic nitrogens is 3. The molecule has 2 atom stereocenters. The van der Waals surface area contributed by atoms with Crippen LogP contribution in [0, 0.1) is 6.92 Å². The molecule has 0 spiro atoms. The maximum Gasteiger partial charge on any atom is 0.240 e. The summed E-state index contributed by atoms with van der Waals surface area (Å²) >= 11 is 1.43. The van der Waals surface area contributed by atoms with E-state index in [1.165, 1.54) is 17.3 Å². The number of carbonyl (C=O) groups excluding carboxylic acids is 1. The van der Waals surface area contributed by atoms with Crippen molar-refractivity contribution in [3.05, 3.63) is 65.5 Å². The lowest BCUT2D eigenvalue weighted by Crippen LogP contribution is -2.41. The lowest BCUT2D eigenvalue weighted by Gasteiger charge is -2.33. The van der Waals surface area contributed by atoms with E-state index in [1.54, 1.807) is 0 Å². The quantitative estimate of drug-likeness (QED) is 0.625. The highest BCUT2D eigenvalue weighted by atomic mass is 32.2. The first-order chi connectivity index (χ1) is 14.6. The molecule has 1 aliphatic heterocycles. The number of carbonyl (C=O) groups is 1. The van der Waals surface area contributed by atoms with Gasteiger partial charge in [0.15, 0.2) is 5.82 Å². The van der Waals surface area contributed by atoms with Crippen molar-refractivity contribution in [3.63, 3.8) is 0 Å². The number of aryl methyl sites for hydroxylation is 2. The number of thioether (sulfide) groups is 1. The zero-order valence-corrected chi connectivity index (χ0v) is 18.1. The van der Waals surface area contributed by atoms with E-state index in [-0.39, 0.29) is 11.9 Å². The lowest BCUT2D eigenvalue weighted by atomic mass is 10.0. The first-order valence-corrected chi connectivity index (χ1v) is 10.9. The third kappa shape index (κ3) is 4.14. The molecular formula is C22H25N5O2S. The van der Waals surface area contributed by atoms with Crippen LogP contribution in [0.25, 0.3) is 0 Å². The van der Waals surface area contributed by atoms with Gasteiger partial charge in [0, 0.05) is 12.1 Å². The molecule has 2 N–H and O–H groups in total. The van der Waals surface area contributed by atoms with E-state index in [4.69, 9.17) is 4.74 Å². The number of ether oxygens (including phenoxy) is 1. The minimum absolute atomic E-state index is 0.0884. The molecule has 0 aliphatic carbocycles. The first kappa shape index (κ1) is 20.3. The van der Waals surface area contributed by atoms with Gasteiger partial charge in [0.2, 0.25) is 11.1 Å². The van der Waals surface area contributed by atoms with E-state index in [9.17, 15) is 4.79 Å². The Hall–Kier alpha value is -3.00. The summed E-state index contributed by atoms with van der Waals surface area (Å²) in [6.07, 6.45) is 0.754. The summed E-state index contributed by atoms with van der Waals surface area (Å²) in [6, 6.07) is 15.4. The number of hydrogen-bond acceptors (Lipinski definition) is 6. The second-order valence-electron chi connectivity index (χ2n) is 7.09. The van der Waals surface area contributed by atoms with Crippen molar-refractivity contribution in [1.82, 2.24) is 14.9 Å². The summed E-state index contributed by atoms with van der Waals surface area (Å²) in [5.41, 5.74) is 6.42. The van der Waals surface area contributed by atoms with E-state index < -0.39 is 5.25 Å². The third-order valence-electron chi connectivity index (χ3n) is 4.95. The molecule has 0 radical (unpaired) electrons. The first-order valence-electron chi connectivity index (χ1n) is 10.1. The normalized spacial score (nSPS) is 17.7. The summed E-state index contributed by atoms with van der Waals surface area (Å²) < 4.78 is 7.37. The molecule has 1 aromatic heterocycles.